The number of allylic oxidation sites excluding steroid dienone is 1. The molecule has 25 heavy (non-hydrogen) atoms. The van der Waals surface area contributed by atoms with Gasteiger partial charge in [0.2, 0.25) is 0 Å². The average Bonchev–Trinajstić information content (AvgIpc) is 3.04. The van der Waals surface area contributed by atoms with Crippen molar-refractivity contribution in [3.05, 3.63) is 58.2 Å². The molecule has 0 N–H and O–H groups in total. The maximum Gasteiger partial charge on any atom is 0.293 e. The Labute approximate surface area is 150 Å². The lowest BCUT2D eigenvalue weighted by Gasteiger charge is -2.32. The average molecular weight is 356 g/mol. The number of anilines is 1. The van der Waals surface area contributed by atoms with Gasteiger partial charge in [0.25, 0.3) is 5.91 Å². The van der Waals surface area contributed by atoms with Crippen LogP contribution in [0.5, 0.6) is 0 Å². The van der Waals surface area contributed by atoms with Crippen LogP contribution in [0.4, 0.5) is 5.69 Å². The highest BCUT2D eigenvalue weighted by atomic mass is 32.1. The summed E-state index contributed by atoms with van der Waals surface area (Å²) < 4.78 is 5.80. The molecular weight excluding hydrogens is 336 g/mol. The third-order valence-corrected chi connectivity index (χ3v) is 4.68. The highest BCUT2D eigenvalue weighted by molar-refractivity contribution is 7.09. The van der Waals surface area contributed by atoms with E-state index >= 15 is 0 Å². The van der Waals surface area contributed by atoms with Crippen LogP contribution < -0.4 is 4.90 Å². The second-order valence-corrected chi connectivity index (χ2v) is 7.60. The van der Waals surface area contributed by atoms with E-state index in [2.05, 4.69) is 4.98 Å². The summed E-state index contributed by atoms with van der Waals surface area (Å²) >= 11 is 1.48. The van der Waals surface area contributed by atoms with Crippen molar-refractivity contribution in [1.82, 2.24) is 4.98 Å². The Morgan fingerprint density at radius 1 is 1.36 bits per heavy atom. The number of thiazole rings is 1. The molecule has 1 aliphatic heterocycles. The zero-order valence-electron chi connectivity index (χ0n) is 14.5. The van der Waals surface area contributed by atoms with Crippen LogP contribution in [0, 0.1) is 6.92 Å². The molecule has 130 valence electrons. The molecule has 1 aromatic carbocycles. The number of benzene rings is 1. The van der Waals surface area contributed by atoms with Crippen molar-refractivity contribution in [1.29, 1.82) is 0 Å². The summed E-state index contributed by atoms with van der Waals surface area (Å²) in [7, 11) is 0. The molecule has 0 unspecified atom stereocenters. The molecule has 1 amide bonds. The topological polar surface area (TPSA) is 59.5 Å². The van der Waals surface area contributed by atoms with Crippen molar-refractivity contribution in [3.63, 3.8) is 0 Å². The number of aryl methyl sites for hydroxylation is 1. The number of hydrogen-bond acceptors (Lipinski definition) is 5. The quantitative estimate of drug-likeness (QED) is 0.839. The van der Waals surface area contributed by atoms with E-state index < -0.39 is 5.60 Å². The van der Waals surface area contributed by atoms with E-state index in [0.29, 0.717) is 6.54 Å². The molecule has 2 aromatic rings. The molecule has 5 nitrogen and oxygen atoms in total. The molecule has 0 bridgehead atoms. The number of carbonyl (C=O) groups excluding carboxylic acids is 2. The van der Waals surface area contributed by atoms with E-state index in [9.17, 15) is 9.59 Å². The smallest absolute Gasteiger partial charge is 0.293 e. The number of aromatic nitrogens is 1. The predicted octanol–water partition coefficient (Wildman–Crippen LogP) is 3.64. The van der Waals surface area contributed by atoms with E-state index in [1.807, 2.05) is 50.4 Å². The van der Waals surface area contributed by atoms with Crippen LogP contribution in [-0.2, 0) is 20.9 Å². The van der Waals surface area contributed by atoms with Crippen molar-refractivity contribution in [3.8, 4) is 0 Å². The minimum atomic E-state index is -0.685. The van der Waals surface area contributed by atoms with Gasteiger partial charge in [0.05, 0.1) is 6.54 Å². The molecule has 0 atom stereocenters. The van der Waals surface area contributed by atoms with Crippen molar-refractivity contribution >= 4 is 28.7 Å². The molecule has 0 spiro atoms. The van der Waals surface area contributed by atoms with Gasteiger partial charge in [0.15, 0.2) is 11.5 Å². The van der Waals surface area contributed by atoms with Gasteiger partial charge in [-0.2, -0.15) is 0 Å². The van der Waals surface area contributed by atoms with Crippen LogP contribution in [0.1, 0.15) is 30.8 Å². The van der Waals surface area contributed by atoms with Gasteiger partial charge in [-0.3, -0.25) is 14.5 Å². The molecule has 2 heterocycles. The lowest BCUT2D eigenvalue weighted by molar-refractivity contribution is -0.129. The molecule has 0 saturated heterocycles. The van der Waals surface area contributed by atoms with E-state index in [1.165, 1.54) is 17.4 Å². The molecule has 0 radical (unpaired) electrons. The fraction of sp³-hybridized carbons (Fsp3) is 0.316. The second kappa shape index (κ2) is 6.80. The summed E-state index contributed by atoms with van der Waals surface area (Å²) in [6, 6.07) is 7.64. The van der Waals surface area contributed by atoms with Crippen molar-refractivity contribution < 1.29 is 14.3 Å². The van der Waals surface area contributed by atoms with Crippen LogP contribution >= 0.6 is 11.3 Å². The summed E-state index contributed by atoms with van der Waals surface area (Å²) in [6.45, 7) is 5.90. The summed E-state index contributed by atoms with van der Waals surface area (Å²) in [5, 5.41) is 2.69. The maximum atomic E-state index is 13.2. The molecule has 0 saturated carbocycles. The highest BCUT2D eigenvalue weighted by Crippen LogP contribution is 2.29. The van der Waals surface area contributed by atoms with E-state index in [-0.39, 0.29) is 23.9 Å². The first-order valence-electron chi connectivity index (χ1n) is 8.05. The number of nitrogens with zero attached hydrogens (tertiary/aromatic N) is 2. The number of rotatable bonds is 4. The van der Waals surface area contributed by atoms with E-state index in [4.69, 9.17) is 4.74 Å². The fourth-order valence-electron chi connectivity index (χ4n) is 2.82. The lowest BCUT2D eigenvalue weighted by Crippen LogP contribution is -2.39. The molecule has 6 heteroatoms. The first-order chi connectivity index (χ1) is 11.9. The van der Waals surface area contributed by atoms with Gasteiger partial charge in [0.1, 0.15) is 10.6 Å². The molecule has 0 fully saturated rings. The van der Waals surface area contributed by atoms with Gasteiger partial charge >= 0.3 is 0 Å². The number of hydrogen-bond donors (Lipinski definition) is 0. The van der Waals surface area contributed by atoms with E-state index in [1.54, 1.807) is 11.1 Å². The second-order valence-electron chi connectivity index (χ2n) is 6.62. The molecule has 1 aromatic heterocycles. The van der Waals surface area contributed by atoms with Crippen LogP contribution in [0.3, 0.4) is 0 Å². The van der Waals surface area contributed by atoms with Gasteiger partial charge in [-0.05, 0) is 32.4 Å². The van der Waals surface area contributed by atoms with Gasteiger partial charge in [-0.25, -0.2) is 4.98 Å². The van der Waals surface area contributed by atoms with E-state index in [0.717, 1.165) is 16.3 Å². The van der Waals surface area contributed by atoms with Crippen molar-refractivity contribution in [2.24, 2.45) is 0 Å². The summed E-state index contributed by atoms with van der Waals surface area (Å²) in [5.41, 5.74) is 1.06. The minimum Gasteiger partial charge on any atom is -0.481 e. The summed E-state index contributed by atoms with van der Waals surface area (Å²) in [5.74, 6) is -0.342. The number of para-hydroxylation sites is 1. The SMILES string of the molecule is Cc1ccccc1N(Cc1nccs1)C(=O)C1=CC(=O)CC(C)(C)O1. The molecular formula is C19H20N2O3S. The zero-order chi connectivity index (χ0) is 18.0. The Bertz CT molecular complexity index is 825. The Morgan fingerprint density at radius 3 is 2.76 bits per heavy atom. The lowest BCUT2D eigenvalue weighted by atomic mass is 9.98. The summed E-state index contributed by atoms with van der Waals surface area (Å²) in [6.07, 6.45) is 3.28. The number of carbonyl (C=O) groups is 2. The summed E-state index contributed by atoms with van der Waals surface area (Å²) in [4.78, 5) is 31.1. The van der Waals surface area contributed by atoms with Crippen LogP contribution in [0.2, 0.25) is 0 Å². The Kier molecular flexibility index (Phi) is 4.72. The van der Waals surface area contributed by atoms with Crippen molar-refractivity contribution in [2.45, 2.75) is 39.3 Å². The molecule has 1 aliphatic rings. The van der Waals surface area contributed by atoms with Crippen LogP contribution in [-0.4, -0.2) is 22.3 Å². The Balaban J connectivity index is 1.98. The first-order valence-corrected chi connectivity index (χ1v) is 8.93. The minimum absolute atomic E-state index is 0.0843. The van der Waals surface area contributed by atoms with Crippen LogP contribution in [0.25, 0.3) is 0 Å². The van der Waals surface area contributed by atoms with Crippen molar-refractivity contribution in [2.75, 3.05) is 4.90 Å². The Hall–Kier alpha value is -2.47. The van der Waals surface area contributed by atoms with Gasteiger partial charge in [-0.1, -0.05) is 18.2 Å². The maximum absolute atomic E-state index is 13.2. The number of amides is 1. The molecule has 0 aliphatic carbocycles. The zero-order valence-corrected chi connectivity index (χ0v) is 15.3. The monoisotopic (exact) mass is 356 g/mol. The third-order valence-electron chi connectivity index (χ3n) is 3.92. The van der Waals surface area contributed by atoms with Gasteiger partial charge in [-0.15, -0.1) is 11.3 Å². The predicted molar refractivity (Wildman–Crippen MR) is 97.4 cm³/mol. The van der Waals surface area contributed by atoms with Gasteiger partial charge < -0.3 is 4.74 Å². The normalized spacial score (nSPS) is 16.1. The number of ether oxygens (including phenoxy) is 1. The van der Waals surface area contributed by atoms with Gasteiger partial charge in [0, 0.05) is 29.8 Å². The fourth-order valence-corrected chi connectivity index (χ4v) is 3.42. The first kappa shape index (κ1) is 17.4. The standard InChI is InChI=1S/C19H20N2O3S/c1-13-6-4-5-7-15(13)21(12-17-20-8-9-25-17)18(23)16-10-14(22)11-19(2,3)24-16/h4-10H,11-12H2,1-3H3. The number of ketones is 1. The highest BCUT2D eigenvalue weighted by Gasteiger charge is 2.34. The molecule has 3 rings (SSSR count). The van der Waals surface area contributed by atoms with Crippen LogP contribution in [0.15, 0.2) is 47.7 Å². The third kappa shape index (κ3) is 3.96. The Morgan fingerprint density at radius 2 is 2.12 bits per heavy atom. The largest absolute Gasteiger partial charge is 0.481 e.